The third-order valence-corrected chi connectivity index (χ3v) is 5.96. The number of aryl methyl sites for hydroxylation is 1. The summed E-state index contributed by atoms with van der Waals surface area (Å²) in [7, 11) is 0. The Bertz CT molecular complexity index is 602. The Morgan fingerprint density at radius 3 is 2.87 bits per heavy atom. The zero-order valence-electron chi connectivity index (χ0n) is 13.1. The number of nitrogens with zero attached hydrogens (tertiary/aromatic N) is 1. The van der Waals surface area contributed by atoms with Crippen LogP contribution in [0.5, 0.6) is 0 Å². The number of carbonyl (C=O) groups excluding carboxylic acids is 2. The molecule has 0 saturated heterocycles. The molecule has 0 fully saturated rings. The lowest BCUT2D eigenvalue weighted by Gasteiger charge is -2.31. The standard InChI is InChI=1S/C15H20N2O4S2/c1-9(15(20)21)17(6-5-16-10(2)18)14(19)13-11-3-7-22-12(11)4-8-23-13/h3,7,9,13H,4-6,8H2,1-2H3,(H,16,18)(H,20,21). The van der Waals surface area contributed by atoms with Gasteiger partial charge >= 0.3 is 5.97 Å². The van der Waals surface area contributed by atoms with Gasteiger partial charge in [-0.3, -0.25) is 9.59 Å². The maximum absolute atomic E-state index is 12.9. The number of aliphatic carboxylic acids is 1. The maximum atomic E-state index is 12.9. The predicted octanol–water partition coefficient (Wildman–Crippen LogP) is 1.52. The van der Waals surface area contributed by atoms with E-state index in [9.17, 15) is 19.5 Å². The number of carboxylic acids is 1. The third kappa shape index (κ3) is 4.26. The lowest BCUT2D eigenvalue weighted by atomic mass is 10.1. The molecule has 1 aromatic heterocycles. The molecule has 0 aliphatic carbocycles. The summed E-state index contributed by atoms with van der Waals surface area (Å²) < 4.78 is 0. The van der Waals surface area contributed by atoms with E-state index in [0.29, 0.717) is 0 Å². The molecule has 6 nitrogen and oxygen atoms in total. The number of thioether (sulfide) groups is 1. The Labute approximate surface area is 143 Å². The number of carbonyl (C=O) groups is 3. The Morgan fingerprint density at radius 1 is 1.48 bits per heavy atom. The molecule has 126 valence electrons. The first-order valence-corrected chi connectivity index (χ1v) is 9.30. The minimum atomic E-state index is -1.05. The minimum absolute atomic E-state index is 0.183. The van der Waals surface area contributed by atoms with Crippen LogP contribution in [0, 0.1) is 0 Å². The molecule has 2 heterocycles. The highest BCUT2D eigenvalue weighted by Gasteiger charge is 2.35. The fourth-order valence-electron chi connectivity index (χ4n) is 2.48. The first-order chi connectivity index (χ1) is 10.9. The van der Waals surface area contributed by atoms with Crippen molar-refractivity contribution in [3.05, 3.63) is 21.9 Å². The number of carboxylic acid groups (broad SMARTS) is 1. The van der Waals surface area contributed by atoms with E-state index < -0.39 is 12.0 Å². The summed E-state index contributed by atoms with van der Waals surface area (Å²) in [5.74, 6) is -0.597. The number of hydrogen-bond acceptors (Lipinski definition) is 5. The Hall–Kier alpha value is -1.54. The average Bonchev–Trinajstić information content (AvgIpc) is 2.98. The maximum Gasteiger partial charge on any atom is 0.326 e. The highest BCUT2D eigenvalue weighted by molar-refractivity contribution is 8.00. The lowest BCUT2D eigenvalue weighted by molar-refractivity contribution is -0.149. The van der Waals surface area contributed by atoms with Crippen LogP contribution in [-0.2, 0) is 20.8 Å². The van der Waals surface area contributed by atoms with Crippen molar-refractivity contribution in [2.24, 2.45) is 0 Å². The Kier molecular flexibility index (Phi) is 6.06. The van der Waals surface area contributed by atoms with Crippen LogP contribution >= 0.6 is 23.1 Å². The van der Waals surface area contributed by atoms with Gasteiger partial charge in [-0.2, -0.15) is 0 Å². The van der Waals surface area contributed by atoms with Crippen molar-refractivity contribution in [1.29, 1.82) is 0 Å². The van der Waals surface area contributed by atoms with Crippen LogP contribution in [0.3, 0.4) is 0 Å². The van der Waals surface area contributed by atoms with Crippen molar-refractivity contribution in [1.82, 2.24) is 10.2 Å². The van der Waals surface area contributed by atoms with Crippen LogP contribution in [0.4, 0.5) is 0 Å². The second kappa shape index (κ2) is 7.83. The summed E-state index contributed by atoms with van der Waals surface area (Å²) in [5, 5.41) is 13.5. The van der Waals surface area contributed by atoms with Crippen LogP contribution < -0.4 is 5.32 Å². The van der Waals surface area contributed by atoms with Gasteiger partial charge in [-0.1, -0.05) is 0 Å². The zero-order valence-corrected chi connectivity index (χ0v) is 14.7. The summed E-state index contributed by atoms with van der Waals surface area (Å²) in [6, 6.07) is 1.02. The molecule has 2 unspecified atom stereocenters. The predicted molar refractivity (Wildman–Crippen MR) is 90.7 cm³/mol. The van der Waals surface area contributed by atoms with Gasteiger partial charge in [-0.05, 0) is 36.1 Å². The van der Waals surface area contributed by atoms with Gasteiger partial charge in [0.15, 0.2) is 0 Å². The molecule has 0 radical (unpaired) electrons. The molecule has 0 bridgehead atoms. The largest absolute Gasteiger partial charge is 0.480 e. The van der Waals surface area contributed by atoms with E-state index in [1.54, 1.807) is 23.1 Å². The normalized spacial score (nSPS) is 17.9. The van der Waals surface area contributed by atoms with Crippen molar-refractivity contribution in [2.45, 2.75) is 31.6 Å². The molecule has 1 aromatic rings. The quantitative estimate of drug-likeness (QED) is 0.807. The second-order valence-electron chi connectivity index (χ2n) is 5.33. The first-order valence-electron chi connectivity index (χ1n) is 7.37. The van der Waals surface area contributed by atoms with Gasteiger partial charge in [-0.25, -0.2) is 4.79 Å². The van der Waals surface area contributed by atoms with E-state index in [-0.39, 0.29) is 30.2 Å². The average molecular weight is 356 g/mol. The van der Waals surface area contributed by atoms with E-state index in [2.05, 4.69) is 5.32 Å². The SMILES string of the molecule is CC(=O)NCCN(C(=O)C1SCCc2sccc21)C(C)C(=O)O. The fraction of sp³-hybridized carbons (Fsp3) is 0.533. The molecule has 0 saturated carbocycles. The Morgan fingerprint density at radius 2 is 2.22 bits per heavy atom. The van der Waals surface area contributed by atoms with E-state index in [4.69, 9.17) is 0 Å². The Balaban J connectivity index is 2.16. The fourth-order valence-corrected chi connectivity index (χ4v) is 4.84. The van der Waals surface area contributed by atoms with Crippen LogP contribution in [0.25, 0.3) is 0 Å². The van der Waals surface area contributed by atoms with Gasteiger partial charge in [-0.15, -0.1) is 23.1 Å². The molecule has 0 spiro atoms. The molecule has 1 aliphatic rings. The number of fused-ring (bicyclic) bond motifs is 1. The molecule has 1 aliphatic heterocycles. The first kappa shape index (κ1) is 17.8. The van der Waals surface area contributed by atoms with Crippen molar-refractivity contribution >= 4 is 40.9 Å². The van der Waals surface area contributed by atoms with E-state index in [0.717, 1.165) is 17.7 Å². The van der Waals surface area contributed by atoms with Gasteiger partial charge in [0.1, 0.15) is 11.3 Å². The van der Waals surface area contributed by atoms with Crippen LogP contribution in [0.2, 0.25) is 0 Å². The van der Waals surface area contributed by atoms with E-state index in [1.807, 2.05) is 11.4 Å². The summed E-state index contributed by atoms with van der Waals surface area (Å²) in [4.78, 5) is 37.8. The molecule has 2 N–H and O–H groups in total. The van der Waals surface area contributed by atoms with Gasteiger partial charge in [0, 0.05) is 24.9 Å². The van der Waals surface area contributed by atoms with E-state index >= 15 is 0 Å². The molecular weight excluding hydrogens is 336 g/mol. The van der Waals surface area contributed by atoms with Crippen molar-refractivity contribution in [2.75, 3.05) is 18.8 Å². The lowest BCUT2D eigenvalue weighted by Crippen LogP contribution is -2.48. The van der Waals surface area contributed by atoms with Gasteiger partial charge in [0.05, 0.1) is 0 Å². The van der Waals surface area contributed by atoms with Crippen LogP contribution in [0.15, 0.2) is 11.4 Å². The van der Waals surface area contributed by atoms with Crippen molar-refractivity contribution < 1.29 is 19.5 Å². The van der Waals surface area contributed by atoms with Gasteiger partial charge in [0.2, 0.25) is 11.8 Å². The van der Waals surface area contributed by atoms with Gasteiger partial charge < -0.3 is 15.3 Å². The van der Waals surface area contributed by atoms with Crippen molar-refractivity contribution in [3.63, 3.8) is 0 Å². The monoisotopic (exact) mass is 356 g/mol. The van der Waals surface area contributed by atoms with Gasteiger partial charge in [0.25, 0.3) is 0 Å². The summed E-state index contributed by atoms with van der Waals surface area (Å²) >= 11 is 3.19. The number of thiophene rings is 1. The number of hydrogen-bond donors (Lipinski definition) is 2. The number of amides is 2. The van der Waals surface area contributed by atoms with E-state index in [1.165, 1.54) is 23.6 Å². The molecule has 0 aromatic carbocycles. The number of nitrogens with one attached hydrogen (secondary N) is 1. The molecule has 8 heteroatoms. The summed E-state index contributed by atoms with van der Waals surface area (Å²) in [5.41, 5.74) is 0.998. The molecule has 2 amide bonds. The highest BCUT2D eigenvalue weighted by Crippen LogP contribution is 2.40. The molecular formula is C15H20N2O4S2. The topological polar surface area (TPSA) is 86.7 Å². The summed E-state index contributed by atoms with van der Waals surface area (Å²) in [6.45, 7) is 3.31. The van der Waals surface area contributed by atoms with Crippen molar-refractivity contribution in [3.8, 4) is 0 Å². The molecule has 23 heavy (non-hydrogen) atoms. The highest BCUT2D eigenvalue weighted by atomic mass is 32.2. The third-order valence-electron chi connectivity index (χ3n) is 3.73. The van der Waals surface area contributed by atoms with Crippen LogP contribution in [-0.4, -0.2) is 52.7 Å². The van der Waals surface area contributed by atoms with Crippen LogP contribution in [0.1, 0.15) is 29.5 Å². The molecule has 2 rings (SSSR count). The minimum Gasteiger partial charge on any atom is -0.480 e. The molecule has 2 atom stereocenters. The summed E-state index contributed by atoms with van der Waals surface area (Å²) in [6.07, 6.45) is 0.946. The second-order valence-corrected chi connectivity index (χ2v) is 7.54. The smallest absolute Gasteiger partial charge is 0.326 e. The number of rotatable bonds is 6. The zero-order chi connectivity index (χ0) is 17.0.